The van der Waals surface area contributed by atoms with Crippen molar-refractivity contribution in [2.45, 2.75) is 33.9 Å². The molecule has 0 amide bonds. The van der Waals surface area contributed by atoms with Crippen LogP contribution in [0.2, 0.25) is 0 Å². The molecule has 0 aliphatic rings. The maximum atomic E-state index is 14.6. The zero-order valence-electron chi connectivity index (χ0n) is 34.4. The molecule has 62 heavy (non-hydrogen) atoms. The van der Waals surface area contributed by atoms with Gasteiger partial charge in [-0.15, -0.1) is 0 Å². The SMILES string of the molecule is Cc1ccc(-c2ccc3c4ccccc4n(-c4ccc(-c5cc(C#N)cc(C(F)(F)F)c5)c(-n5c6ccccc6c6ccc(-c7ccc(C)cc7C)cc65)c4C#N)c3c2)c(C)c1. The molecule has 0 atom stereocenters. The van der Waals surface area contributed by atoms with E-state index < -0.39 is 11.7 Å². The van der Waals surface area contributed by atoms with Gasteiger partial charge in [0.2, 0.25) is 0 Å². The second-order valence-electron chi connectivity index (χ2n) is 16.2. The Hall–Kier alpha value is -7.87. The number of alkyl halides is 3. The maximum Gasteiger partial charge on any atom is 0.416 e. The fourth-order valence-electron chi connectivity index (χ4n) is 9.41. The molecular weight excluding hydrogens is 774 g/mol. The van der Waals surface area contributed by atoms with Crippen molar-refractivity contribution in [1.29, 1.82) is 10.5 Å². The Labute approximate surface area is 356 Å². The fraction of sp³-hybridized carbons (Fsp3) is 0.0909. The number of hydrogen-bond donors (Lipinski definition) is 0. The normalized spacial score (nSPS) is 11.8. The van der Waals surface area contributed by atoms with Crippen LogP contribution in [-0.2, 0) is 6.18 Å². The minimum absolute atomic E-state index is 0.135. The lowest BCUT2D eigenvalue weighted by Crippen LogP contribution is -2.08. The van der Waals surface area contributed by atoms with Gasteiger partial charge in [0.25, 0.3) is 0 Å². The molecule has 2 aromatic heterocycles. The first kappa shape index (κ1) is 38.3. The predicted octanol–water partition coefficient (Wildman–Crippen LogP) is 14.9. The average molecular weight is 811 g/mol. The lowest BCUT2D eigenvalue weighted by Gasteiger charge is -2.21. The summed E-state index contributed by atoms with van der Waals surface area (Å²) in [5.41, 5.74) is 12.7. The van der Waals surface area contributed by atoms with Crippen molar-refractivity contribution in [2.24, 2.45) is 0 Å². The smallest absolute Gasteiger partial charge is 0.308 e. The summed E-state index contributed by atoms with van der Waals surface area (Å²) in [4.78, 5) is 0. The molecule has 4 nitrogen and oxygen atoms in total. The van der Waals surface area contributed by atoms with Crippen LogP contribution in [0.5, 0.6) is 0 Å². The number of benzene rings is 8. The molecule has 0 radical (unpaired) electrons. The Balaban J connectivity index is 1.36. The van der Waals surface area contributed by atoms with Gasteiger partial charge < -0.3 is 9.13 Å². The minimum Gasteiger partial charge on any atom is -0.308 e. The van der Waals surface area contributed by atoms with E-state index in [1.165, 1.54) is 11.6 Å². The van der Waals surface area contributed by atoms with Crippen molar-refractivity contribution in [1.82, 2.24) is 9.13 Å². The molecule has 0 aliphatic carbocycles. The largest absolute Gasteiger partial charge is 0.416 e. The minimum atomic E-state index is -4.72. The van der Waals surface area contributed by atoms with Crippen LogP contribution in [0.4, 0.5) is 13.2 Å². The van der Waals surface area contributed by atoms with Crippen molar-refractivity contribution in [3.05, 3.63) is 191 Å². The Bertz CT molecular complexity index is 3590. The molecule has 0 unspecified atom stereocenters. The Morgan fingerprint density at radius 1 is 0.452 bits per heavy atom. The van der Waals surface area contributed by atoms with E-state index in [0.717, 1.165) is 94.7 Å². The number of hydrogen-bond acceptors (Lipinski definition) is 2. The standard InChI is InChI=1S/C55H37F3N4/c1-32-13-17-41(34(3)23-32)37-15-19-46-44-9-5-7-11-49(44)61(52(46)28-37)51-22-21-43(39-25-36(30-59)26-40(27-39)55(56,57)58)54(48(51)31-60)62-50-12-8-6-10-45(50)47-20-16-38(29-53(47)62)42-18-14-33(2)24-35(42)4/h5-29H,1-4H3. The van der Waals surface area contributed by atoms with Crippen molar-refractivity contribution in [3.8, 4) is 56.9 Å². The maximum absolute atomic E-state index is 14.6. The Morgan fingerprint density at radius 2 is 0.968 bits per heavy atom. The van der Waals surface area contributed by atoms with E-state index in [-0.39, 0.29) is 16.7 Å². The molecule has 10 aromatic rings. The summed E-state index contributed by atoms with van der Waals surface area (Å²) >= 11 is 0. The first-order valence-corrected chi connectivity index (χ1v) is 20.4. The number of halogens is 3. The highest BCUT2D eigenvalue weighted by Gasteiger charge is 2.32. The number of aryl methyl sites for hydroxylation is 4. The summed E-state index contributed by atoms with van der Waals surface area (Å²) < 4.78 is 47.9. The summed E-state index contributed by atoms with van der Waals surface area (Å²) in [7, 11) is 0. The number of nitrogens with zero attached hydrogens (tertiary/aromatic N) is 4. The summed E-state index contributed by atoms with van der Waals surface area (Å²) in [6.07, 6.45) is -4.72. The van der Waals surface area contributed by atoms with Crippen LogP contribution in [-0.4, -0.2) is 9.13 Å². The van der Waals surface area contributed by atoms with E-state index in [2.05, 4.69) is 117 Å². The van der Waals surface area contributed by atoms with Crippen molar-refractivity contribution in [3.63, 3.8) is 0 Å². The number of rotatable bonds is 5. The van der Waals surface area contributed by atoms with Crippen molar-refractivity contribution >= 4 is 43.6 Å². The Kier molecular flexibility index (Phi) is 8.91. The van der Waals surface area contributed by atoms with Crippen LogP contribution < -0.4 is 0 Å². The molecule has 0 N–H and O–H groups in total. The molecule has 0 saturated carbocycles. The molecule has 10 rings (SSSR count). The molecule has 298 valence electrons. The molecule has 8 aromatic carbocycles. The van der Waals surface area contributed by atoms with E-state index in [0.29, 0.717) is 16.9 Å². The predicted molar refractivity (Wildman–Crippen MR) is 245 cm³/mol. The van der Waals surface area contributed by atoms with Gasteiger partial charge in [0.15, 0.2) is 0 Å². The zero-order chi connectivity index (χ0) is 43.0. The van der Waals surface area contributed by atoms with E-state index in [1.54, 1.807) is 6.07 Å². The van der Waals surface area contributed by atoms with E-state index in [1.807, 2.05) is 59.2 Å². The summed E-state index contributed by atoms with van der Waals surface area (Å²) in [6, 6.07) is 52.9. The summed E-state index contributed by atoms with van der Waals surface area (Å²) in [5, 5.41) is 25.5. The van der Waals surface area contributed by atoms with Gasteiger partial charge in [-0.2, -0.15) is 23.7 Å². The number of aromatic nitrogens is 2. The van der Waals surface area contributed by atoms with Crippen LogP contribution in [0.1, 0.15) is 38.9 Å². The first-order valence-electron chi connectivity index (χ1n) is 20.4. The third-order valence-corrected chi connectivity index (χ3v) is 12.2. The Morgan fingerprint density at radius 3 is 1.50 bits per heavy atom. The highest BCUT2D eigenvalue weighted by atomic mass is 19.4. The van der Waals surface area contributed by atoms with Gasteiger partial charge in [-0.3, -0.25) is 0 Å². The highest BCUT2D eigenvalue weighted by Crippen LogP contribution is 2.44. The third kappa shape index (κ3) is 6.13. The second kappa shape index (κ2) is 14.4. The number of fused-ring (bicyclic) bond motifs is 6. The molecule has 0 aliphatic heterocycles. The average Bonchev–Trinajstić information content (AvgIpc) is 3.77. The van der Waals surface area contributed by atoms with Gasteiger partial charge in [0, 0.05) is 27.1 Å². The van der Waals surface area contributed by atoms with Crippen LogP contribution in [0.25, 0.3) is 88.4 Å². The highest BCUT2D eigenvalue weighted by molar-refractivity contribution is 6.13. The molecule has 7 heteroatoms. The molecule has 0 fully saturated rings. The van der Waals surface area contributed by atoms with E-state index in [4.69, 9.17) is 0 Å². The van der Waals surface area contributed by atoms with E-state index in [9.17, 15) is 23.7 Å². The van der Waals surface area contributed by atoms with Crippen LogP contribution in [0.15, 0.2) is 152 Å². The number of nitriles is 2. The fourth-order valence-corrected chi connectivity index (χ4v) is 9.41. The molecule has 2 heterocycles. The third-order valence-electron chi connectivity index (χ3n) is 12.2. The molecular formula is C55H37F3N4. The second-order valence-corrected chi connectivity index (χ2v) is 16.2. The quantitative estimate of drug-likeness (QED) is 0.174. The molecule has 0 spiro atoms. The lowest BCUT2D eigenvalue weighted by molar-refractivity contribution is -0.137. The van der Waals surface area contributed by atoms with Crippen molar-refractivity contribution < 1.29 is 13.2 Å². The molecule has 0 bridgehead atoms. The first-order chi connectivity index (χ1) is 29.9. The van der Waals surface area contributed by atoms with Crippen molar-refractivity contribution in [2.75, 3.05) is 0 Å². The summed E-state index contributed by atoms with van der Waals surface area (Å²) in [5.74, 6) is 0. The topological polar surface area (TPSA) is 57.4 Å². The van der Waals surface area contributed by atoms with Gasteiger partial charge in [0.05, 0.1) is 50.6 Å². The lowest BCUT2D eigenvalue weighted by atomic mass is 9.94. The van der Waals surface area contributed by atoms with Gasteiger partial charge in [-0.1, -0.05) is 114 Å². The van der Waals surface area contributed by atoms with Crippen LogP contribution in [0.3, 0.4) is 0 Å². The van der Waals surface area contributed by atoms with Gasteiger partial charge >= 0.3 is 6.18 Å². The van der Waals surface area contributed by atoms with E-state index >= 15 is 0 Å². The zero-order valence-corrected chi connectivity index (χ0v) is 34.4. The van der Waals surface area contributed by atoms with Gasteiger partial charge in [-0.25, -0.2) is 0 Å². The summed E-state index contributed by atoms with van der Waals surface area (Å²) in [6.45, 7) is 8.31. The van der Waals surface area contributed by atoms with Gasteiger partial charge in [0.1, 0.15) is 11.6 Å². The molecule has 0 saturated heterocycles. The van der Waals surface area contributed by atoms with Crippen LogP contribution in [0, 0.1) is 50.4 Å². The van der Waals surface area contributed by atoms with Crippen LogP contribution >= 0.6 is 0 Å². The number of para-hydroxylation sites is 2. The monoisotopic (exact) mass is 810 g/mol. The van der Waals surface area contributed by atoms with Gasteiger partial charge in [-0.05, 0) is 115 Å².